The number of rotatable bonds is 8. The first kappa shape index (κ1) is 20.0. The molecule has 0 spiro atoms. The molecule has 1 heterocycles. The number of aromatic amines is 1. The highest BCUT2D eigenvalue weighted by Crippen LogP contribution is 2.42. The predicted octanol–water partition coefficient (Wildman–Crippen LogP) is -0.604. The van der Waals surface area contributed by atoms with Gasteiger partial charge in [0.15, 0.2) is 0 Å². The molecular formula is C13H22N3O8P. The summed E-state index contributed by atoms with van der Waals surface area (Å²) >= 11 is 0. The second-order valence-electron chi connectivity index (χ2n) is 5.54. The first-order valence-electron chi connectivity index (χ1n) is 7.48. The van der Waals surface area contributed by atoms with Gasteiger partial charge < -0.3 is 9.84 Å². The van der Waals surface area contributed by atoms with Crippen molar-refractivity contribution in [2.75, 3.05) is 27.9 Å². The number of aromatic nitrogens is 2. The maximum absolute atomic E-state index is 12.0. The molecule has 2 rings (SSSR count). The molecule has 12 heteroatoms. The average molecular weight is 379 g/mol. The minimum absolute atomic E-state index is 0.0215. The van der Waals surface area contributed by atoms with Crippen molar-refractivity contribution in [3.8, 4) is 0 Å². The van der Waals surface area contributed by atoms with E-state index in [0.29, 0.717) is 6.42 Å². The molecule has 0 bridgehead atoms. The third-order valence-electron chi connectivity index (χ3n) is 4.18. The van der Waals surface area contributed by atoms with E-state index in [0.717, 1.165) is 0 Å². The van der Waals surface area contributed by atoms with Gasteiger partial charge in [-0.3, -0.25) is 28.2 Å². The number of aliphatic hydroxyl groups is 1. The van der Waals surface area contributed by atoms with Crippen molar-refractivity contribution in [3.05, 3.63) is 33.1 Å². The van der Waals surface area contributed by atoms with Crippen molar-refractivity contribution in [3.63, 3.8) is 0 Å². The van der Waals surface area contributed by atoms with Crippen molar-refractivity contribution < 1.29 is 28.3 Å². The van der Waals surface area contributed by atoms with Crippen LogP contribution in [0, 0.1) is 5.92 Å². The topological polar surface area (TPSA) is 141 Å². The molecular weight excluding hydrogens is 357 g/mol. The fourth-order valence-electron chi connectivity index (χ4n) is 2.88. The van der Waals surface area contributed by atoms with Crippen molar-refractivity contribution in [1.29, 1.82) is 0 Å². The van der Waals surface area contributed by atoms with E-state index < -0.39 is 43.2 Å². The SMILES string of the molecule is CO[C@@H]1[C@H](O)[C@@H](CONP(=O)(OC)OC)C[C@H]1n1ccc(=O)[nH]c1=O. The van der Waals surface area contributed by atoms with Gasteiger partial charge in [0.1, 0.15) is 6.10 Å². The monoisotopic (exact) mass is 379 g/mol. The van der Waals surface area contributed by atoms with Crippen LogP contribution in [0.5, 0.6) is 0 Å². The normalized spacial score (nSPS) is 26.9. The summed E-state index contributed by atoms with van der Waals surface area (Å²) in [5.74, 6) is -0.413. The zero-order valence-corrected chi connectivity index (χ0v) is 15.0. The van der Waals surface area contributed by atoms with E-state index in [4.69, 9.17) is 9.57 Å². The highest BCUT2D eigenvalue weighted by Gasteiger charge is 2.44. The fraction of sp³-hybridized carbons (Fsp3) is 0.692. The molecule has 11 nitrogen and oxygen atoms in total. The van der Waals surface area contributed by atoms with Crippen LogP contribution in [-0.4, -0.2) is 54.8 Å². The van der Waals surface area contributed by atoms with Crippen LogP contribution < -0.4 is 16.5 Å². The summed E-state index contributed by atoms with van der Waals surface area (Å²) in [6.45, 7) is -0.0215. The third-order valence-corrected chi connectivity index (χ3v) is 5.49. The lowest BCUT2D eigenvalue weighted by atomic mass is 10.1. The zero-order valence-electron chi connectivity index (χ0n) is 14.1. The Bertz CT molecular complexity index is 726. The summed E-state index contributed by atoms with van der Waals surface area (Å²) in [6.07, 6.45) is 0.0992. The Morgan fingerprint density at radius 1 is 1.36 bits per heavy atom. The highest BCUT2D eigenvalue weighted by atomic mass is 31.2. The van der Waals surface area contributed by atoms with Gasteiger partial charge in [0.2, 0.25) is 0 Å². The molecule has 4 atom stereocenters. The van der Waals surface area contributed by atoms with Crippen LogP contribution in [0.2, 0.25) is 0 Å². The largest absolute Gasteiger partial charge is 0.428 e. The van der Waals surface area contributed by atoms with Gasteiger partial charge in [-0.15, -0.1) is 5.25 Å². The first-order chi connectivity index (χ1) is 11.8. The maximum atomic E-state index is 12.0. The minimum atomic E-state index is -3.55. The molecule has 25 heavy (non-hydrogen) atoms. The lowest BCUT2D eigenvalue weighted by Gasteiger charge is -2.22. The van der Waals surface area contributed by atoms with E-state index in [2.05, 4.69) is 19.3 Å². The van der Waals surface area contributed by atoms with Crippen LogP contribution >= 0.6 is 7.75 Å². The fourth-order valence-corrected chi connectivity index (χ4v) is 3.41. The molecule has 0 aromatic carbocycles. The lowest BCUT2D eigenvalue weighted by molar-refractivity contribution is -0.0449. The Morgan fingerprint density at radius 3 is 2.60 bits per heavy atom. The minimum Gasteiger partial charge on any atom is -0.390 e. The van der Waals surface area contributed by atoms with Crippen LogP contribution in [0.3, 0.4) is 0 Å². The molecule has 1 saturated carbocycles. The van der Waals surface area contributed by atoms with E-state index in [1.807, 2.05) is 0 Å². The average Bonchev–Trinajstić information content (AvgIpc) is 2.90. The van der Waals surface area contributed by atoms with Crippen molar-refractivity contribution in [2.24, 2.45) is 5.92 Å². The quantitative estimate of drug-likeness (QED) is 0.398. The second-order valence-corrected chi connectivity index (χ2v) is 7.44. The number of H-pyrrole nitrogens is 1. The Hall–Kier alpha value is -1.33. The molecule has 0 aliphatic heterocycles. The molecule has 1 aromatic heterocycles. The summed E-state index contributed by atoms with van der Waals surface area (Å²) in [6, 6.07) is 0.730. The molecule has 0 radical (unpaired) electrons. The van der Waals surface area contributed by atoms with E-state index in [-0.39, 0.29) is 6.61 Å². The number of nitrogens with zero attached hydrogens (tertiary/aromatic N) is 1. The summed E-state index contributed by atoms with van der Waals surface area (Å²) < 4.78 is 27.8. The predicted molar refractivity (Wildman–Crippen MR) is 86.0 cm³/mol. The van der Waals surface area contributed by atoms with E-state index in [1.165, 1.54) is 38.2 Å². The second kappa shape index (κ2) is 8.37. The number of hydrogen-bond acceptors (Lipinski definition) is 8. The summed E-state index contributed by atoms with van der Waals surface area (Å²) in [5, 5.41) is 12.6. The smallest absolute Gasteiger partial charge is 0.390 e. The Kier molecular flexibility index (Phi) is 6.69. The molecule has 142 valence electrons. The molecule has 0 saturated heterocycles. The number of nitrogens with one attached hydrogen (secondary N) is 2. The summed E-state index contributed by atoms with van der Waals surface area (Å²) in [5.41, 5.74) is -1.09. The van der Waals surface area contributed by atoms with Crippen LogP contribution in [0.1, 0.15) is 12.5 Å². The lowest BCUT2D eigenvalue weighted by Crippen LogP contribution is -2.38. The highest BCUT2D eigenvalue weighted by molar-refractivity contribution is 7.51. The summed E-state index contributed by atoms with van der Waals surface area (Å²) in [4.78, 5) is 30.5. The zero-order chi connectivity index (χ0) is 18.6. The van der Waals surface area contributed by atoms with Crippen molar-refractivity contribution >= 4 is 7.75 Å². The standard InChI is InChI=1S/C13H22N3O8P/c1-21-12-9(16-5-4-10(17)14-13(16)19)6-8(11(12)18)7-24-15-25(20,22-2)23-3/h4-5,8-9,11-12,18H,6-7H2,1-3H3,(H,15,20)(H,14,17,19)/t8-,9-,11-,12+/m1/s1. The van der Waals surface area contributed by atoms with Crippen molar-refractivity contribution in [1.82, 2.24) is 14.8 Å². The van der Waals surface area contributed by atoms with Gasteiger partial charge in [-0.05, 0) is 6.42 Å². The molecule has 1 fully saturated rings. The Morgan fingerprint density at radius 2 is 2.04 bits per heavy atom. The van der Waals surface area contributed by atoms with Gasteiger partial charge in [0.05, 0.1) is 18.8 Å². The van der Waals surface area contributed by atoms with Gasteiger partial charge in [0.25, 0.3) is 5.56 Å². The van der Waals surface area contributed by atoms with Gasteiger partial charge >= 0.3 is 13.4 Å². The summed E-state index contributed by atoms with van der Waals surface area (Å²) in [7, 11) is 0.271. The first-order valence-corrected chi connectivity index (χ1v) is 9.02. The number of hydrogen-bond donors (Lipinski definition) is 3. The van der Waals surface area contributed by atoms with E-state index >= 15 is 0 Å². The molecule has 1 aliphatic carbocycles. The van der Waals surface area contributed by atoms with Gasteiger partial charge in [-0.25, -0.2) is 9.36 Å². The maximum Gasteiger partial charge on any atom is 0.428 e. The number of methoxy groups -OCH3 is 1. The number of aliphatic hydroxyl groups excluding tert-OH is 1. The van der Waals surface area contributed by atoms with E-state index in [9.17, 15) is 19.3 Å². The van der Waals surface area contributed by atoms with Crippen LogP contribution in [0.25, 0.3) is 0 Å². The van der Waals surface area contributed by atoms with Gasteiger partial charge in [0, 0.05) is 39.5 Å². The van der Waals surface area contributed by atoms with Gasteiger partial charge in [-0.1, -0.05) is 0 Å². The van der Waals surface area contributed by atoms with Crippen LogP contribution in [-0.2, 0) is 23.2 Å². The van der Waals surface area contributed by atoms with Crippen LogP contribution in [0.4, 0.5) is 0 Å². The molecule has 3 N–H and O–H groups in total. The molecule has 0 amide bonds. The number of ether oxygens (including phenoxy) is 1. The van der Waals surface area contributed by atoms with E-state index in [1.54, 1.807) is 0 Å². The Labute approximate surface area is 143 Å². The molecule has 0 unspecified atom stereocenters. The molecule has 1 aliphatic rings. The Balaban J connectivity index is 2.09. The van der Waals surface area contributed by atoms with Crippen LogP contribution in [0.15, 0.2) is 21.9 Å². The molecule has 1 aromatic rings. The van der Waals surface area contributed by atoms with Gasteiger partial charge in [-0.2, -0.15) is 0 Å². The third kappa shape index (κ3) is 4.45. The van der Waals surface area contributed by atoms with Crippen molar-refractivity contribution in [2.45, 2.75) is 24.7 Å².